The Labute approximate surface area is 125 Å². The molecule has 2 aliphatic rings. The molecule has 1 unspecified atom stereocenters. The summed E-state index contributed by atoms with van der Waals surface area (Å²) in [4.78, 5) is 17.9. The zero-order valence-corrected chi connectivity index (χ0v) is 11.6. The van der Waals surface area contributed by atoms with Crippen LogP contribution in [0, 0.1) is 11.7 Å². The second-order valence-electron chi connectivity index (χ2n) is 4.73. The fourth-order valence-electron chi connectivity index (χ4n) is 2.22. The summed E-state index contributed by atoms with van der Waals surface area (Å²) in [7, 11) is 0. The molecule has 1 heterocycles. The average molecular weight is 304 g/mol. The van der Waals surface area contributed by atoms with Gasteiger partial charge < -0.3 is 0 Å². The number of amides is 1. The molecule has 1 atom stereocenters. The average Bonchev–Trinajstić information content (AvgIpc) is 2.46. The van der Waals surface area contributed by atoms with Gasteiger partial charge in [0.2, 0.25) is 11.0 Å². The number of fused-ring (bicyclic) bond motifs is 1. The molecule has 106 valence electrons. The fraction of sp³-hybridized carbons (Fsp3) is 0.133. The summed E-state index contributed by atoms with van der Waals surface area (Å²) in [5, 5.41) is 0.135. The fourth-order valence-corrected chi connectivity index (χ4v) is 2.48. The molecule has 0 N–H and O–H groups in total. The lowest BCUT2D eigenvalue weighted by molar-refractivity contribution is -0.129. The number of halogens is 2. The predicted molar refractivity (Wildman–Crippen MR) is 78.8 cm³/mol. The van der Waals surface area contributed by atoms with Crippen molar-refractivity contribution in [1.29, 1.82) is 0 Å². The van der Waals surface area contributed by atoms with Gasteiger partial charge in [-0.05, 0) is 48.1 Å². The van der Waals surface area contributed by atoms with Gasteiger partial charge in [-0.15, -0.1) is 0 Å². The van der Waals surface area contributed by atoms with Crippen LogP contribution < -0.4 is 0 Å². The molecule has 1 amide bonds. The number of aliphatic imine (C=N–C) groups is 1. The molecule has 1 aromatic carbocycles. The highest BCUT2D eigenvalue weighted by atomic mass is 32.1. The number of carbonyl (C=O) groups is 1. The second kappa shape index (κ2) is 5.29. The Morgan fingerprint density at radius 2 is 1.90 bits per heavy atom. The highest BCUT2D eigenvalue weighted by Crippen LogP contribution is 2.24. The third-order valence-electron chi connectivity index (χ3n) is 3.30. The van der Waals surface area contributed by atoms with Gasteiger partial charge >= 0.3 is 0 Å². The molecule has 1 aromatic rings. The van der Waals surface area contributed by atoms with Gasteiger partial charge in [0.1, 0.15) is 17.6 Å². The van der Waals surface area contributed by atoms with E-state index in [2.05, 4.69) is 4.99 Å². The lowest BCUT2D eigenvalue weighted by Gasteiger charge is -2.30. The van der Waals surface area contributed by atoms with E-state index < -0.39 is 11.7 Å². The number of thiocarbonyl (C=S) groups is 1. The van der Waals surface area contributed by atoms with E-state index in [1.807, 2.05) is 0 Å². The monoisotopic (exact) mass is 304 g/mol. The van der Waals surface area contributed by atoms with Crippen LogP contribution in [-0.4, -0.2) is 21.6 Å². The minimum absolute atomic E-state index is 0.135. The first-order chi connectivity index (χ1) is 10.0. The van der Waals surface area contributed by atoms with Crippen molar-refractivity contribution in [3.63, 3.8) is 0 Å². The largest absolute Gasteiger partial charge is 0.282 e. The van der Waals surface area contributed by atoms with Crippen LogP contribution in [0.5, 0.6) is 0 Å². The van der Waals surface area contributed by atoms with Crippen molar-refractivity contribution in [3.05, 3.63) is 59.7 Å². The molecule has 0 saturated heterocycles. The van der Waals surface area contributed by atoms with Gasteiger partial charge in [-0.1, -0.05) is 12.1 Å². The Morgan fingerprint density at radius 1 is 1.19 bits per heavy atom. The van der Waals surface area contributed by atoms with E-state index in [9.17, 15) is 13.6 Å². The van der Waals surface area contributed by atoms with Crippen LogP contribution in [0.3, 0.4) is 0 Å². The van der Waals surface area contributed by atoms with Gasteiger partial charge in [-0.25, -0.2) is 13.8 Å². The molecule has 0 radical (unpaired) electrons. The minimum Gasteiger partial charge on any atom is -0.282 e. The molecule has 3 nitrogen and oxygen atoms in total. The molecule has 0 aromatic heterocycles. The molecule has 6 heteroatoms. The van der Waals surface area contributed by atoms with Crippen molar-refractivity contribution < 1.29 is 13.6 Å². The molecular weight excluding hydrogens is 294 g/mol. The molecule has 0 bridgehead atoms. The van der Waals surface area contributed by atoms with Crippen LogP contribution in [0.25, 0.3) is 0 Å². The van der Waals surface area contributed by atoms with Crippen LogP contribution in [0.2, 0.25) is 0 Å². The van der Waals surface area contributed by atoms with Crippen molar-refractivity contribution in [2.24, 2.45) is 10.9 Å². The first kappa shape index (κ1) is 13.8. The van der Waals surface area contributed by atoms with Gasteiger partial charge in [-0.2, -0.15) is 0 Å². The van der Waals surface area contributed by atoms with Gasteiger partial charge in [0.15, 0.2) is 0 Å². The summed E-state index contributed by atoms with van der Waals surface area (Å²) in [6.45, 7) is 0.185. The maximum absolute atomic E-state index is 13.3. The first-order valence-corrected chi connectivity index (χ1v) is 6.69. The highest BCUT2D eigenvalue weighted by molar-refractivity contribution is 7.80. The number of nitrogens with zero attached hydrogens (tertiary/aromatic N) is 2. The Bertz CT molecular complexity index is 707. The van der Waals surface area contributed by atoms with Gasteiger partial charge in [-0.3, -0.25) is 9.69 Å². The Kier molecular flexibility index (Phi) is 3.47. The van der Waals surface area contributed by atoms with Crippen molar-refractivity contribution in [1.82, 2.24) is 4.90 Å². The summed E-state index contributed by atoms with van der Waals surface area (Å²) < 4.78 is 26.2. The van der Waals surface area contributed by atoms with E-state index in [-0.39, 0.29) is 23.4 Å². The minimum atomic E-state index is -0.748. The lowest BCUT2D eigenvalue weighted by Crippen LogP contribution is -2.45. The predicted octanol–water partition coefficient (Wildman–Crippen LogP) is 2.93. The maximum atomic E-state index is 13.3. The first-order valence-electron chi connectivity index (χ1n) is 6.28. The number of carbonyl (C=O) groups excluding carboxylic acids is 1. The van der Waals surface area contributed by atoms with Crippen molar-refractivity contribution in [3.8, 4) is 0 Å². The number of allylic oxidation sites excluding steroid dienone is 3. The molecule has 21 heavy (non-hydrogen) atoms. The molecule has 1 aliphatic carbocycles. The van der Waals surface area contributed by atoms with Gasteiger partial charge in [0.25, 0.3) is 0 Å². The summed E-state index contributed by atoms with van der Waals surface area (Å²) in [5.41, 5.74) is 1.17. The summed E-state index contributed by atoms with van der Waals surface area (Å²) in [6, 6.07) is 5.76. The van der Waals surface area contributed by atoms with Crippen molar-refractivity contribution in [2.75, 3.05) is 0 Å². The van der Waals surface area contributed by atoms with Crippen LogP contribution in [0.15, 0.2) is 53.3 Å². The van der Waals surface area contributed by atoms with Gasteiger partial charge in [0.05, 0.1) is 12.3 Å². The van der Waals surface area contributed by atoms with Crippen LogP contribution in [0.4, 0.5) is 8.78 Å². The van der Waals surface area contributed by atoms with Crippen LogP contribution >= 0.6 is 12.2 Å². The summed E-state index contributed by atoms with van der Waals surface area (Å²) in [5.74, 6) is -1.90. The molecule has 0 spiro atoms. The third kappa shape index (κ3) is 2.67. The molecule has 0 saturated carbocycles. The van der Waals surface area contributed by atoms with Crippen molar-refractivity contribution in [2.45, 2.75) is 6.54 Å². The number of rotatable bonds is 2. The number of benzene rings is 1. The maximum Gasteiger partial charge on any atom is 0.242 e. The number of hydrogen-bond acceptors (Lipinski definition) is 2. The van der Waals surface area contributed by atoms with Crippen molar-refractivity contribution >= 4 is 28.9 Å². The highest BCUT2D eigenvalue weighted by Gasteiger charge is 2.34. The smallest absolute Gasteiger partial charge is 0.242 e. The standard InChI is InChI=1S/C15H10F2N2OS/c16-10-3-1-9(2-4-10)8-19-14(20)12-7-11(17)5-6-13(12)18-15(19)21/h1-7,12H,8H2. The van der Waals surface area contributed by atoms with E-state index in [1.165, 1.54) is 35.3 Å². The summed E-state index contributed by atoms with van der Waals surface area (Å²) >= 11 is 5.12. The zero-order valence-electron chi connectivity index (χ0n) is 10.8. The molecule has 1 aliphatic heterocycles. The Morgan fingerprint density at radius 3 is 2.62 bits per heavy atom. The van der Waals surface area contributed by atoms with Gasteiger partial charge in [0, 0.05) is 0 Å². The molecule has 3 rings (SSSR count). The molecule has 0 fully saturated rings. The SMILES string of the molecule is O=C1C2C=C(F)C=CC2=NC(=S)N1Cc1ccc(F)cc1. The van der Waals surface area contributed by atoms with Crippen LogP contribution in [-0.2, 0) is 11.3 Å². The molecular formula is C15H10F2N2OS. The lowest BCUT2D eigenvalue weighted by atomic mass is 9.95. The normalized spacial score (nSPS) is 21.0. The quantitative estimate of drug-likeness (QED) is 0.787. The third-order valence-corrected chi connectivity index (χ3v) is 3.61. The zero-order chi connectivity index (χ0) is 15.0. The second-order valence-corrected chi connectivity index (χ2v) is 5.10. The Hall–Kier alpha value is -2.21. The van der Waals surface area contributed by atoms with E-state index in [4.69, 9.17) is 12.2 Å². The number of hydrogen-bond donors (Lipinski definition) is 0. The topological polar surface area (TPSA) is 32.7 Å². The van der Waals surface area contributed by atoms with E-state index in [0.717, 1.165) is 5.56 Å². The van der Waals surface area contributed by atoms with E-state index in [0.29, 0.717) is 5.71 Å². The summed E-state index contributed by atoms with van der Waals surface area (Å²) in [6.07, 6.45) is 3.93. The van der Waals surface area contributed by atoms with E-state index in [1.54, 1.807) is 12.1 Å². The Balaban J connectivity index is 1.88. The van der Waals surface area contributed by atoms with Crippen LogP contribution in [0.1, 0.15) is 5.56 Å². The van der Waals surface area contributed by atoms with E-state index >= 15 is 0 Å².